The van der Waals surface area contributed by atoms with Crippen molar-refractivity contribution in [3.63, 3.8) is 0 Å². The van der Waals surface area contributed by atoms with Crippen LogP contribution < -0.4 is 5.32 Å². The Bertz CT molecular complexity index is 771. The molecule has 0 aromatic heterocycles. The fourth-order valence-electron chi connectivity index (χ4n) is 3.75. The zero-order valence-electron chi connectivity index (χ0n) is 20.1. The lowest BCUT2D eigenvalue weighted by Crippen LogP contribution is -2.44. The maximum Gasteiger partial charge on any atom is 0.253 e. The zero-order chi connectivity index (χ0) is 24.1. The van der Waals surface area contributed by atoms with Crippen LogP contribution in [0.2, 0.25) is 0 Å². The fourth-order valence-corrected chi connectivity index (χ4v) is 3.75. The number of amides is 2. The summed E-state index contributed by atoms with van der Waals surface area (Å²) in [6.07, 6.45) is 2.85. The molecule has 0 saturated carbocycles. The molecule has 1 aromatic carbocycles. The summed E-state index contributed by atoms with van der Waals surface area (Å²) in [6, 6.07) is 5.91. The molecule has 2 amide bonds. The SMILES string of the molecule is CCCN(CCC)C(=O)c1cccc(C(=O)N[C@@H](CC(C)C)[C@H](C[C@@H](C)CO)N=[N+]=[N-])c1. The van der Waals surface area contributed by atoms with E-state index in [-0.39, 0.29) is 36.3 Å². The highest BCUT2D eigenvalue weighted by molar-refractivity contribution is 5.99. The van der Waals surface area contributed by atoms with Crippen LogP contribution in [0.5, 0.6) is 0 Å². The van der Waals surface area contributed by atoms with E-state index in [1.165, 1.54) is 0 Å². The van der Waals surface area contributed by atoms with E-state index in [0.717, 1.165) is 12.8 Å². The lowest BCUT2D eigenvalue weighted by molar-refractivity contribution is 0.0755. The third-order valence-electron chi connectivity index (χ3n) is 5.31. The molecule has 0 bridgehead atoms. The number of azide groups is 1. The van der Waals surface area contributed by atoms with Crippen molar-refractivity contribution in [2.24, 2.45) is 17.0 Å². The Kier molecular flexibility index (Phi) is 12.4. The number of benzene rings is 1. The summed E-state index contributed by atoms with van der Waals surface area (Å²) in [4.78, 5) is 30.8. The summed E-state index contributed by atoms with van der Waals surface area (Å²) in [5, 5.41) is 16.4. The molecular formula is C24H39N5O3. The van der Waals surface area contributed by atoms with Crippen molar-refractivity contribution in [2.75, 3.05) is 19.7 Å². The Hall–Kier alpha value is -2.57. The molecule has 0 aliphatic rings. The zero-order valence-corrected chi connectivity index (χ0v) is 20.1. The second-order valence-corrected chi connectivity index (χ2v) is 8.88. The molecule has 0 saturated heterocycles. The molecule has 3 atom stereocenters. The summed E-state index contributed by atoms with van der Waals surface area (Å²) in [6.45, 7) is 11.4. The Morgan fingerprint density at radius 1 is 1.12 bits per heavy atom. The lowest BCUT2D eigenvalue weighted by atomic mass is 9.91. The number of carbonyl (C=O) groups excluding carboxylic acids is 2. The molecule has 0 fully saturated rings. The Morgan fingerprint density at radius 3 is 2.28 bits per heavy atom. The molecule has 0 aliphatic carbocycles. The molecule has 0 spiro atoms. The first kappa shape index (κ1) is 27.5. The minimum absolute atomic E-state index is 0.0179. The third-order valence-corrected chi connectivity index (χ3v) is 5.31. The van der Waals surface area contributed by atoms with Crippen molar-refractivity contribution >= 4 is 11.8 Å². The topological polar surface area (TPSA) is 118 Å². The predicted molar refractivity (Wildman–Crippen MR) is 127 cm³/mol. The first-order valence-corrected chi connectivity index (χ1v) is 11.6. The maximum atomic E-state index is 13.1. The summed E-state index contributed by atoms with van der Waals surface area (Å²) in [5.41, 5.74) is 9.92. The van der Waals surface area contributed by atoms with Crippen LogP contribution in [0, 0.1) is 11.8 Å². The Morgan fingerprint density at radius 2 is 1.75 bits per heavy atom. The average molecular weight is 446 g/mol. The first-order valence-electron chi connectivity index (χ1n) is 11.6. The van der Waals surface area contributed by atoms with Crippen LogP contribution in [-0.4, -0.2) is 53.6 Å². The number of rotatable bonds is 14. The van der Waals surface area contributed by atoms with Gasteiger partial charge in [-0.2, -0.15) is 0 Å². The van der Waals surface area contributed by atoms with E-state index in [4.69, 9.17) is 5.53 Å². The van der Waals surface area contributed by atoms with Gasteiger partial charge in [0.15, 0.2) is 0 Å². The van der Waals surface area contributed by atoms with Gasteiger partial charge < -0.3 is 15.3 Å². The quantitative estimate of drug-likeness (QED) is 0.243. The maximum absolute atomic E-state index is 13.1. The van der Waals surface area contributed by atoms with E-state index in [1.54, 1.807) is 24.3 Å². The third kappa shape index (κ3) is 8.89. The molecule has 2 N–H and O–H groups in total. The highest BCUT2D eigenvalue weighted by atomic mass is 16.3. The summed E-state index contributed by atoms with van der Waals surface area (Å²) in [5.74, 6) is -0.171. The molecule has 8 heteroatoms. The van der Waals surface area contributed by atoms with Gasteiger partial charge in [0.25, 0.3) is 11.8 Å². The second kappa shape index (κ2) is 14.5. The van der Waals surface area contributed by atoms with Gasteiger partial charge in [0, 0.05) is 41.8 Å². The predicted octanol–water partition coefficient (Wildman–Crippen LogP) is 4.79. The van der Waals surface area contributed by atoms with Gasteiger partial charge in [0.05, 0.1) is 6.04 Å². The van der Waals surface area contributed by atoms with Crippen molar-refractivity contribution in [3.05, 3.63) is 45.8 Å². The van der Waals surface area contributed by atoms with E-state index < -0.39 is 6.04 Å². The Balaban J connectivity index is 3.11. The van der Waals surface area contributed by atoms with Gasteiger partial charge in [-0.1, -0.05) is 45.8 Å². The van der Waals surface area contributed by atoms with Crippen molar-refractivity contribution in [2.45, 2.75) is 72.4 Å². The number of aliphatic hydroxyl groups is 1. The lowest BCUT2D eigenvalue weighted by Gasteiger charge is -2.28. The molecule has 1 aromatic rings. The van der Waals surface area contributed by atoms with Crippen LogP contribution in [0.4, 0.5) is 0 Å². The fraction of sp³-hybridized carbons (Fsp3) is 0.667. The van der Waals surface area contributed by atoms with Crippen LogP contribution >= 0.6 is 0 Å². The monoisotopic (exact) mass is 445 g/mol. The van der Waals surface area contributed by atoms with E-state index in [0.29, 0.717) is 37.1 Å². The normalized spacial score (nSPS) is 13.7. The van der Waals surface area contributed by atoms with Gasteiger partial charge in [-0.25, -0.2) is 0 Å². The van der Waals surface area contributed by atoms with Crippen molar-refractivity contribution < 1.29 is 14.7 Å². The molecule has 0 unspecified atom stereocenters. The van der Waals surface area contributed by atoms with Crippen LogP contribution in [0.15, 0.2) is 29.4 Å². The number of hydrogen-bond donors (Lipinski definition) is 2. The summed E-state index contributed by atoms with van der Waals surface area (Å²) >= 11 is 0. The highest BCUT2D eigenvalue weighted by Gasteiger charge is 2.26. The minimum Gasteiger partial charge on any atom is -0.396 e. The van der Waals surface area contributed by atoms with Gasteiger partial charge in [-0.05, 0) is 61.2 Å². The van der Waals surface area contributed by atoms with E-state index >= 15 is 0 Å². The van der Waals surface area contributed by atoms with Crippen LogP contribution in [0.3, 0.4) is 0 Å². The van der Waals surface area contributed by atoms with Crippen LogP contribution in [0.1, 0.15) is 81.0 Å². The smallest absolute Gasteiger partial charge is 0.253 e. The molecule has 32 heavy (non-hydrogen) atoms. The molecule has 0 aliphatic heterocycles. The number of aliphatic hydroxyl groups excluding tert-OH is 1. The number of carbonyl (C=O) groups is 2. The number of hydrogen-bond acceptors (Lipinski definition) is 4. The van der Waals surface area contributed by atoms with Gasteiger partial charge in [-0.15, -0.1) is 0 Å². The number of nitrogens with one attached hydrogen (secondary N) is 1. The molecule has 178 valence electrons. The largest absolute Gasteiger partial charge is 0.396 e. The highest BCUT2D eigenvalue weighted by Crippen LogP contribution is 2.19. The van der Waals surface area contributed by atoms with Gasteiger partial charge in [-0.3, -0.25) is 9.59 Å². The summed E-state index contributed by atoms with van der Waals surface area (Å²) < 4.78 is 0. The number of nitrogens with zero attached hydrogens (tertiary/aromatic N) is 4. The summed E-state index contributed by atoms with van der Waals surface area (Å²) in [7, 11) is 0. The molecular weight excluding hydrogens is 406 g/mol. The van der Waals surface area contributed by atoms with Crippen molar-refractivity contribution in [1.82, 2.24) is 10.2 Å². The van der Waals surface area contributed by atoms with Crippen LogP contribution in [-0.2, 0) is 0 Å². The van der Waals surface area contributed by atoms with Crippen LogP contribution in [0.25, 0.3) is 10.4 Å². The van der Waals surface area contributed by atoms with E-state index in [9.17, 15) is 14.7 Å². The molecule has 0 radical (unpaired) electrons. The average Bonchev–Trinajstić information content (AvgIpc) is 2.77. The van der Waals surface area contributed by atoms with Gasteiger partial charge >= 0.3 is 0 Å². The van der Waals surface area contributed by atoms with Gasteiger partial charge in [0.1, 0.15) is 0 Å². The molecule has 1 rings (SSSR count). The second-order valence-electron chi connectivity index (χ2n) is 8.88. The minimum atomic E-state index is -0.470. The van der Waals surface area contributed by atoms with E-state index in [2.05, 4.69) is 15.3 Å². The standard InChI is InChI=1S/C24H39N5O3/c1-6-11-29(12-7-2)24(32)20-10-8-9-19(15-20)23(31)26-21(13-17(3)4)22(27-28-25)14-18(5)16-30/h8-10,15,17-18,21-22,30H,6-7,11-14,16H2,1-5H3,(H,26,31)/t18-,21+,22+/m1/s1. The van der Waals surface area contributed by atoms with Gasteiger partial charge in [0.2, 0.25) is 0 Å². The molecule has 0 heterocycles. The molecule has 8 nitrogen and oxygen atoms in total. The first-order chi connectivity index (χ1) is 15.3. The van der Waals surface area contributed by atoms with Crippen molar-refractivity contribution in [3.8, 4) is 0 Å². The van der Waals surface area contributed by atoms with Crippen molar-refractivity contribution in [1.29, 1.82) is 0 Å². The van der Waals surface area contributed by atoms with E-state index in [1.807, 2.05) is 39.5 Å². The Labute approximate surface area is 192 Å².